The second kappa shape index (κ2) is 6.32. The van der Waals surface area contributed by atoms with Gasteiger partial charge in [0.2, 0.25) is 0 Å². The fourth-order valence-corrected chi connectivity index (χ4v) is 3.44. The number of nitrogens with zero attached hydrogens (tertiary/aromatic N) is 3. The van der Waals surface area contributed by atoms with E-state index < -0.39 is 12.1 Å². The quantitative estimate of drug-likeness (QED) is 0.916. The van der Waals surface area contributed by atoms with Crippen LogP contribution in [0, 0.1) is 17.2 Å². The number of rotatable bonds is 3. The molecular weight excluding hydrogens is 282 g/mol. The number of anilines is 1. The van der Waals surface area contributed by atoms with Gasteiger partial charge in [-0.2, -0.15) is 5.26 Å². The van der Waals surface area contributed by atoms with Crippen LogP contribution in [0.25, 0.3) is 0 Å². The maximum absolute atomic E-state index is 11.0. The molecule has 116 valence electrons. The van der Waals surface area contributed by atoms with Crippen molar-refractivity contribution in [1.29, 1.82) is 5.26 Å². The highest BCUT2D eigenvalue weighted by Gasteiger charge is 2.36. The molecule has 0 aliphatic carbocycles. The van der Waals surface area contributed by atoms with Crippen LogP contribution in [0.5, 0.6) is 0 Å². The molecule has 2 aliphatic rings. The normalized spacial score (nSPS) is 25.9. The number of nitriles is 1. The first-order valence-electron chi connectivity index (χ1n) is 7.66. The lowest BCUT2D eigenvalue weighted by Crippen LogP contribution is -2.38. The zero-order chi connectivity index (χ0) is 15.5. The number of pyridine rings is 1. The second-order valence-corrected chi connectivity index (χ2v) is 5.91. The van der Waals surface area contributed by atoms with Crippen molar-refractivity contribution in [3.8, 4) is 6.07 Å². The molecule has 0 radical (unpaired) electrons. The Morgan fingerprint density at radius 2 is 2.14 bits per heavy atom. The zero-order valence-corrected chi connectivity index (χ0v) is 12.3. The number of aliphatic carboxylic acids is 1. The lowest BCUT2D eigenvalue weighted by Gasteiger charge is -2.36. The van der Waals surface area contributed by atoms with Crippen molar-refractivity contribution in [1.82, 2.24) is 4.98 Å². The molecule has 2 fully saturated rings. The topological polar surface area (TPSA) is 86.5 Å². The van der Waals surface area contributed by atoms with Crippen molar-refractivity contribution in [2.24, 2.45) is 5.92 Å². The van der Waals surface area contributed by atoms with Gasteiger partial charge in [0.1, 0.15) is 6.07 Å². The molecule has 0 spiro atoms. The molecule has 0 bridgehead atoms. The third-order valence-corrected chi connectivity index (χ3v) is 4.65. The van der Waals surface area contributed by atoms with Crippen LogP contribution in [-0.2, 0) is 9.53 Å². The minimum atomic E-state index is -0.853. The Hall–Kier alpha value is -2.13. The maximum atomic E-state index is 11.0. The molecule has 6 nitrogen and oxygen atoms in total. The lowest BCUT2D eigenvalue weighted by atomic mass is 9.89. The second-order valence-electron chi connectivity index (χ2n) is 5.91. The van der Waals surface area contributed by atoms with E-state index in [4.69, 9.17) is 9.84 Å². The fraction of sp³-hybridized carbons (Fsp3) is 0.562. The number of carboxylic acid groups (broad SMARTS) is 1. The van der Waals surface area contributed by atoms with Gasteiger partial charge in [-0.3, -0.25) is 4.98 Å². The fourth-order valence-electron chi connectivity index (χ4n) is 3.44. The molecule has 0 aromatic carbocycles. The average Bonchev–Trinajstić information content (AvgIpc) is 3.05. The van der Waals surface area contributed by atoms with E-state index in [2.05, 4.69) is 16.0 Å². The van der Waals surface area contributed by atoms with Gasteiger partial charge < -0.3 is 14.7 Å². The van der Waals surface area contributed by atoms with Gasteiger partial charge in [-0.25, -0.2) is 4.79 Å². The summed E-state index contributed by atoms with van der Waals surface area (Å²) in [6, 6.07) is 3.94. The summed E-state index contributed by atoms with van der Waals surface area (Å²) in [4.78, 5) is 17.3. The van der Waals surface area contributed by atoms with Gasteiger partial charge in [0.15, 0.2) is 6.10 Å². The summed E-state index contributed by atoms with van der Waals surface area (Å²) in [5, 5.41) is 18.2. The van der Waals surface area contributed by atoms with Crippen LogP contribution in [0.3, 0.4) is 0 Å². The number of carbonyl (C=O) groups is 1. The molecule has 3 heterocycles. The van der Waals surface area contributed by atoms with Gasteiger partial charge in [0, 0.05) is 19.3 Å². The first-order valence-corrected chi connectivity index (χ1v) is 7.66. The number of ether oxygens (including phenoxy) is 1. The summed E-state index contributed by atoms with van der Waals surface area (Å²) in [6.07, 6.45) is 6.16. The minimum Gasteiger partial charge on any atom is -0.479 e. The summed E-state index contributed by atoms with van der Waals surface area (Å²) < 4.78 is 5.67. The van der Waals surface area contributed by atoms with Crippen molar-refractivity contribution in [2.75, 3.05) is 18.0 Å². The van der Waals surface area contributed by atoms with E-state index in [0.29, 0.717) is 17.9 Å². The van der Waals surface area contributed by atoms with E-state index in [1.54, 1.807) is 18.5 Å². The third-order valence-electron chi connectivity index (χ3n) is 4.65. The minimum absolute atomic E-state index is 0.0626. The van der Waals surface area contributed by atoms with E-state index in [0.717, 1.165) is 38.0 Å². The lowest BCUT2D eigenvalue weighted by molar-refractivity contribution is -0.150. The molecule has 2 aliphatic heterocycles. The van der Waals surface area contributed by atoms with Crippen molar-refractivity contribution in [3.05, 3.63) is 24.0 Å². The van der Waals surface area contributed by atoms with E-state index in [1.807, 2.05) is 0 Å². The molecule has 3 rings (SSSR count). The summed E-state index contributed by atoms with van der Waals surface area (Å²) in [6.45, 7) is 1.70. The average molecular weight is 301 g/mol. The van der Waals surface area contributed by atoms with Gasteiger partial charge in [-0.15, -0.1) is 0 Å². The van der Waals surface area contributed by atoms with Crippen molar-refractivity contribution in [3.63, 3.8) is 0 Å². The third kappa shape index (κ3) is 2.90. The van der Waals surface area contributed by atoms with Gasteiger partial charge in [0.25, 0.3) is 0 Å². The van der Waals surface area contributed by atoms with Crippen LogP contribution in [-0.4, -0.2) is 41.4 Å². The highest BCUT2D eigenvalue weighted by Crippen LogP contribution is 2.33. The Bertz CT molecular complexity index is 591. The number of carboxylic acids is 1. The number of hydrogen-bond acceptors (Lipinski definition) is 5. The maximum Gasteiger partial charge on any atom is 0.332 e. The molecule has 1 aromatic rings. The van der Waals surface area contributed by atoms with Gasteiger partial charge in [-0.05, 0) is 37.7 Å². The SMILES string of the molecule is N#Cc1ccncc1N1CCC([C@@H]2CC[C@H](C(=O)O)O2)CC1. The summed E-state index contributed by atoms with van der Waals surface area (Å²) in [7, 11) is 0. The van der Waals surface area contributed by atoms with Gasteiger partial charge in [0.05, 0.1) is 23.6 Å². The molecule has 6 heteroatoms. The molecule has 2 saturated heterocycles. The van der Waals surface area contributed by atoms with Crippen LogP contribution in [0.4, 0.5) is 5.69 Å². The Balaban J connectivity index is 1.59. The first-order chi connectivity index (χ1) is 10.7. The number of aromatic nitrogens is 1. The first kappa shape index (κ1) is 14.8. The monoisotopic (exact) mass is 301 g/mol. The van der Waals surface area contributed by atoms with E-state index >= 15 is 0 Å². The Morgan fingerprint density at radius 1 is 1.36 bits per heavy atom. The molecule has 0 saturated carbocycles. The van der Waals surface area contributed by atoms with Crippen molar-refractivity contribution < 1.29 is 14.6 Å². The zero-order valence-electron chi connectivity index (χ0n) is 12.3. The van der Waals surface area contributed by atoms with E-state index in [9.17, 15) is 10.1 Å². The van der Waals surface area contributed by atoms with Crippen molar-refractivity contribution in [2.45, 2.75) is 37.9 Å². The summed E-state index contributed by atoms with van der Waals surface area (Å²) >= 11 is 0. The molecule has 1 aromatic heterocycles. The largest absolute Gasteiger partial charge is 0.479 e. The van der Waals surface area contributed by atoms with Crippen LogP contribution >= 0.6 is 0 Å². The van der Waals surface area contributed by atoms with Crippen molar-refractivity contribution >= 4 is 11.7 Å². The van der Waals surface area contributed by atoms with Gasteiger partial charge in [-0.1, -0.05) is 0 Å². The Kier molecular flexibility index (Phi) is 4.25. The Morgan fingerprint density at radius 3 is 2.77 bits per heavy atom. The van der Waals surface area contributed by atoms with E-state index in [1.165, 1.54) is 0 Å². The van der Waals surface area contributed by atoms with E-state index in [-0.39, 0.29) is 6.10 Å². The molecular formula is C16H19N3O3. The van der Waals surface area contributed by atoms with Gasteiger partial charge >= 0.3 is 5.97 Å². The molecule has 22 heavy (non-hydrogen) atoms. The highest BCUT2D eigenvalue weighted by atomic mass is 16.5. The predicted octanol–water partition coefficient (Wildman–Crippen LogP) is 1.80. The Labute approximate surface area is 129 Å². The molecule has 2 atom stereocenters. The van der Waals surface area contributed by atoms with Crippen LogP contribution < -0.4 is 4.90 Å². The molecule has 0 amide bonds. The van der Waals surface area contributed by atoms with Crippen LogP contribution in [0.1, 0.15) is 31.2 Å². The smallest absolute Gasteiger partial charge is 0.332 e. The summed E-state index contributed by atoms with van der Waals surface area (Å²) in [5.41, 5.74) is 1.54. The summed E-state index contributed by atoms with van der Waals surface area (Å²) in [5.74, 6) is -0.447. The predicted molar refractivity (Wildman–Crippen MR) is 79.4 cm³/mol. The van der Waals surface area contributed by atoms with Crippen LogP contribution in [0.2, 0.25) is 0 Å². The molecule has 0 unspecified atom stereocenters. The molecule has 1 N–H and O–H groups in total. The number of piperidine rings is 1. The highest BCUT2D eigenvalue weighted by molar-refractivity contribution is 5.72. The standard InChI is InChI=1S/C16H19N3O3/c17-9-12-3-6-18-10-13(12)19-7-4-11(5-8-19)14-1-2-15(22-14)16(20)21/h3,6,10-11,14-15H,1-2,4-5,7-8H2,(H,20,21)/t14-,15+/m0/s1. The number of hydrogen-bond donors (Lipinski definition) is 1. The van der Waals surface area contributed by atoms with Crippen LogP contribution in [0.15, 0.2) is 18.5 Å².